The van der Waals surface area contributed by atoms with Gasteiger partial charge in [0.05, 0.1) is 18.0 Å². The Bertz CT molecular complexity index is 1510. The van der Waals surface area contributed by atoms with E-state index in [-0.39, 0.29) is 11.6 Å². The third kappa shape index (κ3) is 14.3. The molecule has 0 spiro atoms. The van der Waals surface area contributed by atoms with Crippen molar-refractivity contribution in [3.05, 3.63) is 107 Å². The van der Waals surface area contributed by atoms with E-state index < -0.39 is 0 Å². The number of phenolic OH excluding ortho intramolecular Hbond substituents is 1. The van der Waals surface area contributed by atoms with Crippen molar-refractivity contribution in [1.29, 1.82) is 0 Å². The van der Waals surface area contributed by atoms with Crippen LogP contribution in [0.4, 0.5) is 21.5 Å². The first kappa shape index (κ1) is 40.8. The number of nitrogens with one attached hydrogen (secondary N) is 1. The summed E-state index contributed by atoms with van der Waals surface area (Å²) in [6, 6.07) is 17.3. The van der Waals surface area contributed by atoms with E-state index in [9.17, 15) is 9.18 Å². The first-order chi connectivity index (χ1) is 23.8. The lowest BCUT2D eigenvalue weighted by Crippen LogP contribution is -2.41. The SMILES string of the molecule is C=N/C(=C\C=C/Cc1ccc(Cl)cc1F)C1CCN(CCN(CCOC)c2ccc(C)cc2N=C)CC1.CO.O=CNc1ccc(O)cc1. The molecule has 264 valence electrons. The molecule has 1 fully saturated rings. The van der Waals surface area contributed by atoms with E-state index >= 15 is 0 Å². The Morgan fingerprint density at radius 2 is 1.82 bits per heavy atom. The Morgan fingerprint density at radius 1 is 1.10 bits per heavy atom. The predicted octanol–water partition coefficient (Wildman–Crippen LogP) is 7.24. The Balaban J connectivity index is 0.000000588. The van der Waals surface area contributed by atoms with E-state index in [0.717, 1.165) is 69.7 Å². The summed E-state index contributed by atoms with van der Waals surface area (Å²) in [5.41, 5.74) is 5.47. The maximum absolute atomic E-state index is 14.0. The molecule has 0 atom stereocenters. The molecule has 11 heteroatoms. The molecule has 3 N–H and O–H groups in total. The molecule has 0 aromatic heterocycles. The summed E-state index contributed by atoms with van der Waals surface area (Å²) in [6.07, 6.45) is 9.07. The molecule has 0 saturated carbocycles. The second-order valence-corrected chi connectivity index (χ2v) is 11.6. The van der Waals surface area contributed by atoms with Gasteiger partial charge in [0.15, 0.2) is 0 Å². The van der Waals surface area contributed by atoms with Crippen molar-refractivity contribution in [1.82, 2.24) is 4.90 Å². The number of phenols is 1. The summed E-state index contributed by atoms with van der Waals surface area (Å²) in [5, 5.41) is 18.7. The Labute approximate surface area is 295 Å². The van der Waals surface area contributed by atoms with Gasteiger partial charge in [-0.3, -0.25) is 14.8 Å². The van der Waals surface area contributed by atoms with E-state index in [1.807, 2.05) is 18.2 Å². The largest absolute Gasteiger partial charge is 0.508 e. The normalized spacial score (nSPS) is 13.5. The van der Waals surface area contributed by atoms with Crippen LogP contribution in [0.5, 0.6) is 5.75 Å². The molecule has 0 aliphatic carbocycles. The van der Waals surface area contributed by atoms with Crippen LogP contribution in [0.1, 0.15) is 24.0 Å². The van der Waals surface area contributed by atoms with Crippen LogP contribution in [-0.4, -0.2) is 88.5 Å². The molecule has 1 heterocycles. The van der Waals surface area contributed by atoms with Gasteiger partial charge in [0.2, 0.25) is 6.41 Å². The number of anilines is 2. The van der Waals surface area contributed by atoms with E-state index in [1.165, 1.54) is 23.8 Å². The molecule has 0 bridgehead atoms. The number of rotatable bonds is 15. The number of aliphatic hydroxyl groups is 1. The zero-order valence-electron chi connectivity index (χ0n) is 28.7. The number of carbonyl (C=O) groups is 1. The number of benzene rings is 3. The fourth-order valence-corrected chi connectivity index (χ4v) is 5.45. The summed E-state index contributed by atoms with van der Waals surface area (Å²) in [5.74, 6) is 0.288. The summed E-state index contributed by atoms with van der Waals surface area (Å²) >= 11 is 5.83. The first-order valence-corrected chi connectivity index (χ1v) is 16.4. The highest BCUT2D eigenvalue weighted by Gasteiger charge is 2.22. The fourth-order valence-electron chi connectivity index (χ4n) is 5.29. The van der Waals surface area contributed by atoms with Crippen LogP contribution in [0.15, 0.2) is 94.6 Å². The Hall–Kier alpha value is -4.35. The molecule has 0 radical (unpaired) electrons. The number of aliphatic hydroxyl groups excluding tert-OH is 1. The number of likely N-dealkylation sites (tertiary alicyclic amines) is 1. The number of allylic oxidation sites excluding steroid dienone is 4. The minimum absolute atomic E-state index is 0.191. The lowest BCUT2D eigenvalue weighted by atomic mass is 9.93. The van der Waals surface area contributed by atoms with Crippen LogP contribution in [-0.2, 0) is 16.0 Å². The van der Waals surface area contributed by atoms with Crippen molar-refractivity contribution < 1.29 is 24.1 Å². The van der Waals surface area contributed by atoms with Crippen molar-refractivity contribution in [2.75, 3.05) is 63.8 Å². The van der Waals surface area contributed by atoms with Crippen molar-refractivity contribution in [3.8, 4) is 5.75 Å². The number of nitrogens with zero attached hydrogens (tertiary/aromatic N) is 4. The van der Waals surface area contributed by atoms with E-state index in [1.54, 1.807) is 31.4 Å². The van der Waals surface area contributed by atoms with Crippen LogP contribution in [0.25, 0.3) is 0 Å². The quantitative estimate of drug-likeness (QED) is 0.0671. The highest BCUT2D eigenvalue weighted by Crippen LogP contribution is 2.30. The standard InChI is InChI=1S/C30H38ClFN4O.C7H7NO2.CH4O/c1-23-9-12-30(29(21-23)34-3)36(19-20-37-4)18-17-35-15-13-25(14-16-35)28(33-2)8-6-5-7-24-10-11-26(31)22-27(24)32;9-5-8-6-1-3-7(10)4-2-6;1-2/h5-6,8-12,21-22,25H,2-3,7,13-20H2,1,4H3;1-5,10H,(H,8,9);2H,1H3/b6-5-,28-8-;;. The van der Waals surface area contributed by atoms with E-state index in [4.69, 9.17) is 26.6 Å². The minimum atomic E-state index is -0.282. The summed E-state index contributed by atoms with van der Waals surface area (Å²) in [6.45, 7) is 15.0. The van der Waals surface area contributed by atoms with Gasteiger partial charge in [0, 0.05) is 56.2 Å². The average Bonchev–Trinajstić information content (AvgIpc) is 3.12. The molecule has 4 rings (SSSR count). The average molecular weight is 694 g/mol. The zero-order valence-corrected chi connectivity index (χ0v) is 29.5. The van der Waals surface area contributed by atoms with Gasteiger partial charge >= 0.3 is 0 Å². The van der Waals surface area contributed by atoms with Gasteiger partial charge in [-0.15, -0.1) is 0 Å². The molecule has 1 amide bonds. The molecule has 1 aliphatic heterocycles. The number of aryl methyl sites for hydroxylation is 1. The second kappa shape index (κ2) is 23.1. The first-order valence-electron chi connectivity index (χ1n) is 16.0. The van der Waals surface area contributed by atoms with Crippen LogP contribution in [0, 0.1) is 18.7 Å². The van der Waals surface area contributed by atoms with Gasteiger partial charge < -0.3 is 30.1 Å². The molecular formula is C38H49ClFN5O4. The predicted molar refractivity (Wildman–Crippen MR) is 201 cm³/mol. The van der Waals surface area contributed by atoms with Crippen molar-refractivity contribution in [2.24, 2.45) is 15.9 Å². The number of methoxy groups -OCH3 is 1. The number of hydrogen-bond donors (Lipinski definition) is 3. The minimum Gasteiger partial charge on any atom is -0.508 e. The lowest BCUT2D eigenvalue weighted by molar-refractivity contribution is -0.105. The molecule has 3 aromatic carbocycles. The monoisotopic (exact) mass is 693 g/mol. The summed E-state index contributed by atoms with van der Waals surface area (Å²) in [4.78, 5) is 23.3. The number of piperidine rings is 1. The number of hydrogen-bond acceptors (Lipinski definition) is 8. The van der Waals surface area contributed by atoms with Gasteiger partial charge in [-0.2, -0.15) is 0 Å². The molecular weight excluding hydrogens is 645 g/mol. The molecule has 1 saturated heterocycles. The Morgan fingerprint density at radius 3 is 2.43 bits per heavy atom. The van der Waals surface area contributed by atoms with Crippen LogP contribution in [0.3, 0.4) is 0 Å². The van der Waals surface area contributed by atoms with Gasteiger partial charge in [-0.05, 0) is 118 Å². The van der Waals surface area contributed by atoms with E-state index in [0.29, 0.717) is 41.6 Å². The van der Waals surface area contributed by atoms with Crippen LogP contribution < -0.4 is 10.2 Å². The molecule has 9 nitrogen and oxygen atoms in total. The molecule has 1 aliphatic rings. The number of ether oxygens (including phenoxy) is 1. The molecule has 0 unspecified atom stereocenters. The number of aliphatic imine (C=N–C) groups is 2. The molecule has 49 heavy (non-hydrogen) atoms. The van der Waals surface area contributed by atoms with Crippen molar-refractivity contribution in [3.63, 3.8) is 0 Å². The highest BCUT2D eigenvalue weighted by molar-refractivity contribution is 6.30. The van der Waals surface area contributed by atoms with Crippen LogP contribution in [0.2, 0.25) is 5.02 Å². The number of amides is 1. The Kier molecular flexibility index (Phi) is 19.2. The lowest BCUT2D eigenvalue weighted by Gasteiger charge is -2.34. The number of carbonyl (C=O) groups excluding carboxylic acids is 1. The third-order valence-electron chi connectivity index (χ3n) is 7.93. The maximum atomic E-state index is 14.0. The van der Waals surface area contributed by atoms with Gasteiger partial charge in [0.1, 0.15) is 11.6 Å². The summed E-state index contributed by atoms with van der Waals surface area (Å²) < 4.78 is 19.3. The molecule has 3 aromatic rings. The third-order valence-corrected chi connectivity index (χ3v) is 8.17. The number of halogens is 2. The second-order valence-electron chi connectivity index (χ2n) is 11.2. The smallest absolute Gasteiger partial charge is 0.211 e. The van der Waals surface area contributed by atoms with Gasteiger partial charge in [-0.1, -0.05) is 35.9 Å². The topological polar surface area (TPSA) is 110 Å². The fraction of sp³-hybridized carbons (Fsp3) is 0.342. The zero-order chi connectivity index (χ0) is 36.0. The number of aromatic hydroxyl groups is 1. The van der Waals surface area contributed by atoms with Gasteiger partial charge in [0.25, 0.3) is 0 Å². The maximum Gasteiger partial charge on any atom is 0.211 e. The van der Waals surface area contributed by atoms with E-state index in [2.05, 4.69) is 63.7 Å². The highest BCUT2D eigenvalue weighted by atomic mass is 35.5. The van der Waals surface area contributed by atoms with Gasteiger partial charge in [-0.25, -0.2) is 4.39 Å². The summed E-state index contributed by atoms with van der Waals surface area (Å²) in [7, 11) is 2.73. The van der Waals surface area contributed by atoms with Crippen molar-refractivity contribution >= 4 is 48.5 Å². The van der Waals surface area contributed by atoms with Crippen LogP contribution >= 0.6 is 11.6 Å². The van der Waals surface area contributed by atoms with Crippen molar-refractivity contribution in [2.45, 2.75) is 26.2 Å².